The third kappa shape index (κ3) is 9.74. The highest BCUT2D eigenvalue weighted by atomic mass is 16.7. The summed E-state index contributed by atoms with van der Waals surface area (Å²) in [6.07, 6.45) is -8.35. The molecule has 1 amide bonds. The van der Waals surface area contributed by atoms with Gasteiger partial charge in [0.2, 0.25) is 5.91 Å². The molecule has 3 fully saturated rings. The van der Waals surface area contributed by atoms with Crippen LogP contribution < -0.4 is 21.3 Å². The van der Waals surface area contributed by atoms with E-state index in [4.69, 9.17) is 43.4 Å². The Bertz CT molecular complexity index is 1030. The minimum absolute atomic E-state index is 0.0925. The first kappa shape index (κ1) is 41.6. The van der Waals surface area contributed by atoms with Gasteiger partial charge in [-0.2, -0.15) is 0 Å². The fraction of sp³-hybridized carbons (Fsp3) is 0.966. The van der Waals surface area contributed by atoms with Crippen molar-refractivity contribution >= 4 is 5.91 Å². The largest absolute Gasteiger partial charge is 0.396 e. The molecule has 0 aliphatic carbocycles. The molecule has 49 heavy (non-hydrogen) atoms. The topological polar surface area (TPSA) is 269 Å². The summed E-state index contributed by atoms with van der Waals surface area (Å²) in [5.74, 6) is -3.27. The second-order valence-electron chi connectivity index (χ2n) is 12.1. The zero-order valence-electron chi connectivity index (χ0n) is 28.9. The number of amides is 1. The van der Waals surface area contributed by atoms with Crippen molar-refractivity contribution in [3.05, 3.63) is 10.4 Å². The number of nitrogens with zero attached hydrogens (tertiary/aromatic N) is 3. The molecule has 3 aliphatic rings. The van der Waals surface area contributed by atoms with Gasteiger partial charge in [0.25, 0.3) is 0 Å². The standard InChI is InChI=1S/C29H55N7O13/c1-31-21-16(11-39)28(46-19(13-42-4)25(21)44-6)47-22-17(12-40)23(27(33-3)49-26(22)32-2)48-29-24(43-5)15(10-38)14(9-37)18(45-29)7-34-20(41)8-35-36-30/h14-19,21-29,31-33,37-40H,7-13H2,1-6H3,(H,34,41)/t14-,15?,16?,17?,18?,19?,21-,22-,23-,24-,25-,26-,27?,28-,29+/m1/s1. The van der Waals surface area contributed by atoms with Crippen molar-refractivity contribution in [1.29, 1.82) is 0 Å². The fourth-order valence-electron chi connectivity index (χ4n) is 7.10. The normalized spacial score (nSPS) is 39.7. The molecule has 15 atom stereocenters. The maximum absolute atomic E-state index is 12.2. The number of methoxy groups -OCH3 is 3. The second-order valence-corrected chi connectivity index (χ2v) is 12.1. The molecule has 3 heterocycles. The molecule has 0 aromatic heterocycles. The predicted octanol–water partition coefficient (Wildman–Crippen LogP) is -3.55. The molecule has 0 spiro atoms. The van der Waals surface area contributed by atoms with Gasteiger partial charge in [-0.1, -0.05) is 5.11 Å². The third-order valence-corrected chi connectivity index (χ3v) is 9.58. The maximum atomic E-state index is 12.2. The molecule has 284 valence electrons. The van der Waals surface area contributed by atoms with E-state index in [-0.39, 0.29) is 25.8 Å². The Kier molecular flexibility index (Phi) is 17.7. The molecule has 3 saturated heterocycles. The number of hydrogen-bond acceptors (Lipinski definition) is 17. The van der Waals surface area contributed by atoms with Gasteiger partial charge in [-0.25, -0.2) is 0 Å². The van der Waals surface area contributed by atoms with E-state index in [1.165, 1.54) is 7.11 Å². The monoisotopic (exact) mass is 709 g/mol. The van der Waals surface area contributed by atoms with Crippen molar-refractivity contribution < 1.29 is 63.1 Å². The number of ether oxygens (including phenoxy) is 8. The molecule has 20 nitrogen and oxygen atoms in total. The van der Waals surface area contributed by atoms with Crippen LogP contribution in [0.5, 0.6) is 0 Å². The number of aliphatic hydroxyl groups is 4. The summed E-state index contributed by atoms with van der Waals surface area (Å²) in [5, 5.41) is 57.2. The number of azide groups is 1. The van der Waals surface area contributed by atoms with Crippen molar-refractivity contribution in [2.75, 3.05) is 88.6 Å². The van der Waals surface area contributed by atoms with Gasteiger partial charge in [-0.05, 0) is 26.7 Å². The molecule has 3 rings (SSSR count). The van der Waals surface area contributed by atoms with Crippen LogP contribution in [0, 0.1) is 23.7 Å². The lowest BCUT2D eigenvalue weighted by atomic mass is 9.81. The maximum Gasteiger partial charge on any atom is 0.225 e. The highest BCUT2D eigenvalue weighted by Crippen LogP contribution is 2.38. The first-order valence-electron chi connectivity index (χ1n) is 16.3. The minimum Gasteiger partial charge on any atom is -0.396 e. The van der Waals surface area contributed by atoms with Crippen LogP contribution in [-0.2, 0) is 42.7 Å². The van der Waals surface area contributed by atoms with Gasteiger partial charge in [0.15, 0.2) is 12.6 Å². The third-order valence-electron chi connectivity index (χ3n) is 9.58. The van der Waals surface area contributed by atoms with E-state index >= 15 is 0 Å². The van der Waals surface area contributed by atoms with Crippen LogP contribution in [0.1, 0.15) is 0 Å². The number of carbonyl (C=O) groups is 1. The molecule has 0 saturated carbocycles. The van der Waals surface area contributed by atoms with Crippen LogP contribution in [0.15, 0.2) is 5.11 Å². The number of hydrogen-bond donors (Lipinski definition) is 8. The first-order valence-corrected chi connectivity index (χ1v) is 16.3. The quantitative estimate of drug-likeness (QED) is 0.0367. The van der Waals surface area contributed by atoms with Crippen molar-refractivity contribution in [1.82, 2.24) is 21.3 Å². The van der Waals surface area contributed by atoms with Crippen molar-refractivity contribution in [3.63, 3.8) is 0 Å². The number of aliphatic hydroxyl groups excluding tert-OH is 4. The lowest BCUT2D eigenvalue weighted by Gasteiger charge is -2.52. The summed E-state index contributed by atoms with van der Waals surface area (Å²) in [4.78, 5) is 14.8. The molecular weight excluding hydrogens is 654 g/mol. The van der Waals surface area contributed by atoms with Crippen molar-refractivity contribution in [2.45, 2.75) is 67.7 Å². The highest BCUT2D eigenvalue weighted by molar-refractivity contribution is 5.78. The van der Waals surface area contributed by atoms with E-state index in [1.807, 2.05) is 0 Å². The summed E-state index contributed by atoms with van der Waals surface area (Å²) in [6, 6.07) is -0.381. The van der Waals surface area contributed by atoms with Gasteiger partial charge < -0.3 is 69.0 Å². The molecule has 20 heteroatoms. The van der Waals surface area contributed by atoms with Crippen LogP contribution in [0.25, 0.3) is 10.4 Å². The second kappa shape index (κ2) is 20.9. The first-order chi connectivity index (χ1) is 23.7. The SMILES string of the molecule is CNC1O[C@@H](NC)[C@H](O[C@H]2OC(COC)[C@@H](OC)[C@H](NC)C2CO)C(CO)[C@H]1O[C@@H]1OC(CNC(=O)CN=[N+]=[N-])[C@H](CO)C(CO)[C@H]1OC. The van der Waals surface area contributed by atoms with Crippen LogP contribution in [0.4, 0.5) is 0 Å². The summed E-state index contributed by atoms with van der Waals surface area (Å²) in [7, 11) is 9.59. The summed E-state index contributed by atoms with van der Waals surface area (Å²) >= 11 is 0. The van der Waals surface area contributed by atoms with E-state index < -0.39 is 118 Å². The van der Waals surface area contributed by atoms with Gasteiger partial charge in [0, 0.05) is 69.8 Å². The van der Waals surface area contributed by atoms with Crippen LogP contribution in [0.3, 0.4) is 0 Å². The van der Waals surface area contributed by atoms with Crippen LogP contribution in [0.2, 0.25) is 0 Å². The summed E-state index contributed by atoms with van der Waals surface area (Å²) in [5.41, 5.74) is 8.54. The zero-order chi connectivity index (χ0) is 36.1. The summed E-state index contributed by atoms with van der Waals surface area (Å²) < 4.78 is 48.9. The Hall–Kier alpha value is -1.82. The number of likely N-dealkylation sites (N-methyl/N-ethyl adjacent to an activating group) is 3. The molecule has 3 aliphatic heterocycles. The van der Waals surface area contributed by atoms with E-state index in [2.05, 4.69) is 31.3 Å². The van der Waals surface area contributed by atoms with E-state index in [0.29, 0.717) is 0 Å². The molecule has 0 aromatic rings. The predicted molar refractivity (Wildman–Crippen MR) is 169 cm³/mol. The summed E-state index contributed by atoms with van der Waals surface area (Å²) in [6.45, 7) is -1.87. The van der Waals surface area contributed by atoms with Gasteiger partial charge in [0.1, 0.15) is 49.5 Å². The Balaban J connectivity index is 1.93. The average Bonchev–Trinajstić information content (AvgIpc) is 3.12. The van der Waals surface area contributed by atoms with Gasteiger partial charge in [-0.3, -0.25) is 15.4 Å². The van der Waals surface area contributed by atoms with Crippen molar-refractivity contribution in [2.24, 2.45) is 28.8 Å². The Morgan fingerprint density at radius 2 is 1.31 bits per heavy atom. The molecule has 8 N–H and O–H groups in total. The molecule has 6 unspecified atom stereocenters. The molecular formula is C29H55N7O13. The van der Waals surface area contributed by atoms with E-state index in [1.54, 1.807) is 35.4 Å². The molecule has 0 bridgehead atoms. The number of rotatable bonds is 19. The molecule has 0 radical (unpaired) electrons. The smallest absolute Gasteiger partial charge is 0.225 e. The zero-order valence-corrected chi connectivity index (χ0v) is 28.9. The Morgan fingerprint density at radius 1 is 0.735 bits per heavy atom. The van der Waals surface area contributed by atoms with Gasteiger partial charge >= 0.3 is 0 Å². The molecule has 0 aromatic carbocycles. The lowest BCUT2D eigenvalue weighted by Crippen LogP contribution is -2.68. The van der Waals surface area contributed by atoms with Crippen molar-refractivity contribution in [3.8, 4) is 0 Å². The Labute approximate surface area is 286 Å². The van der Waals surface area contributed by atoms with E-state index in [0.717, 1.165) is 0 Å². The van der Waals surface area contributed by atoms with Crippen LogP contribution >= 0.6 is 0 Å². The fourth-order valence-corrected chi connectivity index (χ4v) is 7.10. The minimum atomic E-state index is -1.17. The van der Waals surface area contributed by atoms with Gasteiger partial charge in [0.05, 0.1) is 31.8 Å². The lowest BCUT2D eigenvalue weighted by molar-refractivity contribution is -0.353. The van der Waals surface area contributed by atoms with Gasteiger partial charge in [-0.15, -0.1) is 0 Å². The Morgan fingerprint density at radius 3 is 1.80 bits per heavy atom. The highest BCUT2D eigenvalue weighted by Gasteiger charge is 2.54. The average molecular weight is 710 g/mol. The van der Waals surface area contributed by atoms with E-state index in [9.17, 15) is 25.2 Å². The number of nitrogens with one attached hydrogen (secondary N) is 4. The van der Waals surface area contributed by atoms with Crippen LogP contribution in [-0.4, -0.2) is 183 Å². The number of carbonyl (C=O) groups excluding carboxylic acids is 1.